The molecule has 1 saturated carbocycles. The Bertz CT molecular complexity index is 520. The van der Waals surface area contributed by atoms with Crippen LogP contribution in [0.25, 0.3) is 0 Å². The number of hydrogen-bond donors (Lipinski definition) is 2. The number of aryl methyl sites for hydroxylation is 1. The van der Waals surface area contributed by atoms with Crippen LogP contribution in [-0.2, 0) is 11.2 Å². The molecule has 0 radical (unpaired) electrons. The Morgan fingerprint density at radius 1 is 1.21 bits per heavy atom. The van der Waals surface area contributed by atoms with Crippen LogP contribution in [0.1, 0.15) is 50.5 Å². The molecule has 1 aliphatic carbocycles. The predicted octanol–water partition coefficient (Wildman–Crippen LogP) is 3.06. The maximum absolute atomic E-state index is 12.1. The molecule has 3 rings (SSSR count). The van der Waals surface area contributed by atoms with Crippen LogP contribution >= 0.6 is 0 Å². The van der Waals surface area contributed by atoms with Gasteiger partial charge in [0.15, 0.2) is 0 Å². The van der Waals surface area contributed by atoms with Crippen LogP contribution < -0.4 is 15.4 Å². The molecule has 4 nitrogen and oxygen atoms in total. The number of rotatable bonds is 7. The third kappa shape index (κ3) is 5.52. The van der Waals surface area contributed by atoms with Gasteiger partial charge in [-0.3, -0.25) is 4.79 Å². The lowest BCUT2D eigenvalue weighted by Gasteiger charge is -2.22. The Morgan fingerprint density at radius 3 is 2.88 bits per heavy atom. The van der Waals surface area contributed by atoms with Gasteiger partial charge in [0.05, 0.1) is 6.10 Å². The average molecular weight is 330 g/mol. The second kappa shape index (κ2) is 9.07. The van der Waals surface area contributed by atoms with E-state index in [0.29, 0.717) is 18.4 Å². The monoisotopic (exact) mass is 330 g/mol. The molecule has 0 aromatic heterocycles. The van der Waals surface area contributed by atoms with Gasteiger partial charge in [0.1, 0.15) is 5.75 Å². The number of hydrogen-bond acceptors (Lipinski definition) is 3. The number of piperidine rings is 1. The van der Waals surface area contributed by atoms with Gasteiger partial charge in [-0.2, -0.15) is 0 Å². The van der Waals surface area contributed by atoms with Crippen molar-refractivity contribution >= 4 is 5.91 Å². The van der Waals surface area contributed by atoms with Crippen LogP contribution in [0.4, 0.5) is 0 Å². The Hall–Kier alpha value is -1.55. The molecule has 4 heteroatoms. The summed E-state index contributed by atoms with van der Waals surface area (Å²) in [4.78, 5) is 12.1. The van der Waals surface area contributed by atoms with Gasteiger partial charge in [0.25, 0.3) is 0 Å². The van der Waals surface area contributed by atoms with Crippen molar-refractivity contribution in [2.75, 3.05) is 19.6 Å². The zero-order chi connectivity index (χ0) is 16.6. The van der Waals surface area contributed by atoms with Crippen molar-refractivity contribution in [2.45, 2.75) is 57.5 Å². The van der Waals surface area contributed by atoms with Crippen LogP contribution in [-0.4, -0.2) is 31.6 Å². The van der Waals surface area contributed by atoms with E-state index in [1.54, 1.807) is 0 Å². The van der Waals surface area contributed by atoms with Gasteiger partial charge in [-0.15, -0.1) is 0 Å². The Kier molecular flexibility index (Phi) is 6.53. The summed E-state index contributed by atoms with van der Waals surface area (Å²) in [5.74, 6) is 1.70. The fourth-order valence-electron chi connectivity index (χ4n) is 3.68. The molecule has 1 saturated heterocycles. The molecule has 2 aliphatic rings. The molecule has 1 aromatic rings. The van der Waals surface area contributed by atoms with E-state index >= 15 is 0 Å². The molecule has 1 unspecified atom stereocenters. The Balaban J connectivity index is 1.39. The van der Waals surface area contributed by atoms with Crippen LogP contribution in [0.5, 0.6) is 5.75 Å². The van der Waals surface area contributed by atoms with E-state index in [2.05, 4.69) is 22.8 Å². The second-order valence-electron chi connectivity index (χ2n) is 7.19. The smallest absolute Gasteiger partial charge is 0.220 e. The van der Waals surface area contributed by atoms with E-state index < -0.39 is 0 Å². The number of benzene rings is 1. The van der Waals surface area contributed by atoms with E-state index in [0.717, 1.165) is 31.8 Å². The summed E-state index contributed by atoms with van der Waals surface area (Å²) < 4.78 is 6.04. The Morgan fingerprint density at radius 2 is 2.08 bits per heavy atom. The molecular weight excluding hydrogens is 300 g/mol. The highest BCUT2D eigenvalue weighted by molar-refractivity contribution is 5.76. The second-order valence-corrected chi connectivity index (χ2v) is 7.19. The topological polar surface area (TPSA) is 50.4 Å². The molecule has 1 amide bonds. The number of amides is 1. The van der Waals surface area contributed by atoms with Gasteiger partial charge in [0, 0.05) is 13.0 Å². The molecule has 0 bridgehead atoms. The summed E-state index contributed by atoms with van der Waals surface area (Å²) in [7, 11) is 0. The minimum absolute atomic E-state index is 0.155. The van der Waals surface area contributed by atoms with E-state index in [1.165, 1.54) is 44.1 Å². The number of ether oxygens (including phenoxy) is 1. The van der Waals surface area contributed by atoms with Crippen LogP contribution in [0.15, 0.2) is 24.3 Å². The van der Waals surface area contributed by atoms with Crippen LogP contribution in [0.2, 0.25) is 0 Å². The standard InChI is InChI=1S/C20H30N2O2/c23-20(22-15-17-6-4-12-21-14-17)11-10-16-5-3-9-19(13-16)24-18-7-1-2-8-18/h3,5,9,13,17-18,21H,1-2,4,6-8,10-12,14-15H2,(H,22,23). The van der Waals surface area contributed by atoms with E-state index in [9.17, 15) is 4.79 Å². The largest absolute Gasteiger partial charge is 0.490 e. The Labute approximate surface area is 145 Å². The highest BCUT2D eigenvalue weighted by Crippen LogP contribution is 2.24. The minimum Gasteiger partial charge on any atom is -0.490 e. The zero-order valence-electron chi connectivity index (χ0n) is 14.6. The first-order chi connectivity index (χ1) is 11.8. The lowest BCUT2D eigenvalue weighted by Crippen LogP contribution is -2.38. The van der Waals surface area contributed by atoms with Crippen molar-refractivity contribution in [1.29, 1.82) is 0 Å². The summed E-state index contributed by atoms with van der Waals surface area (Å²) in [6, 6.07) is 8.24. The molecule has 1 aliphatic heterocycles. The normalized spacial score (nSPS) is 21.6. The maximum Gasteiger partial charge on any atom is 0.220 e. The van der Waals surface area contributed by atoms with E-state index in [1.807, 2.05) is 12.1 Å². The fraction of sp³-hybridized carbons (Fsp3) is 0.650. The predicted molar refractivity (Wildman–Crippen MR) is 96.3 cm³/mol. The molecular formula is C20H30N2O2. The van der Waals surface area contributed by atoms with Crippen molar-refractivity contribution < 1.29 is 9.53 Å². The molecule has 1 atom stereocenters. The quantitative estimate of drug-likeness (QED) is 0.808. The molecule has 0 spiro atoms. The first-order valence-electron chi connectivity index (χ1n) is 9.52. The summed E-state index contributed by atoms with van der Waals surface area (Å²) >= 11 is 0. The number of carbonyl (C=O) groups is 1. The summed E-state index contributed by atoms with van der Waals surface area (Å²) in [6.45, 7) is 2.95. The third-order valence-corrected chi connectivity index (χ3v) is 5.13. The highest BCUT2D eigenvalue weighted by Gasteiger charge is 2.17. The molecule has 24 heavy (non-hydrogen) atoms. The van der Waals surface area contributed by atoms with Crippen LogP contribution in [0.3, 0.4) is 0 Å². The summed E-state index contributed by atoms with van der Waals surface area (Å²) in [5, 5.41) is 6.47. The van der Waals surface area contributed by atoms with Gasteiger partial charge in [0.2, 0.25) is 5.91 Å². The lowest BCUT2D eigenvalue weighted by atomic mass is 9.99. The van der Waals surface area contributed by atoms with Gasteiger partial charge >= 0.3 is 0 Å². The van der Waals surface area contributed by atoms with Crippen molar-refractivity contribution in [3.05, 3.63) is 29.8 Å². The van der Waals surface area contributed by atoms with Gasteiger partial charge in [-0.25, -0.2) is 0 Å². The number of carbonyl (C=O) groups excluding carboxylic acids is 1. The summed E-state index contributed by atoms with van der Waals surface area (Å²) in [6.07, 6.45) is 9.03. The van der Waals surface area contributed by atoms with Crippen LogP contribution in [0, 0.1) is 5.92 Å². The summed E-state index contributed by atoms with van der Waals surface area (Å²) in [5.41, 5.74) is 1.18. The van der Waals surface area contributed by atoms with Gasteiger partial charge in [-0.1, -0.05) is 12.1 Å². The maximum atomic E-state index is 12.1. The molecule has 2 N–H and O–H groups in total. The lowest BCUT2D eigenvalue weighted by molar-refractivity contribution is -0.121. The van der Waals surface area contributed by atoms with Gasteiger partial charge in [-0.05, 0) is 81.6 Å². The first kappa shape index (κ1) is 17.3. The van der Waals surface area contributed by atoms with E-state index in [4.69, 9.17) is 4.74 Å². The molecule has 132 valence electrons. The molecule has 2 fully saturated rings. The third-order valence-electron chi connectivity index (χ3n) is 5.13. The van der Waals surface area contributed by atoms with E-state index in [-0.39, 0.29) is 5.91 Å². The highest BCUT2D eigenvalue weighted by atomic mass is 16.5. The minimum atomic E-state index is 0.155. The van der Waals surface area contributed by atoms with Crippen molar-refractivity contribution in [2.24, 2.45) is 5.92 Å². The molecule has 1 heterocycles. The average Bonchev–Trinajstić information content (AvgIpc) is 3.12. The number of nitrogens with one attached hydrogen (secondary N) is 2. The van der Waals surface area contributed by atoms with Crippen molar-refractivity contribution in [3.63, 3.8) is 0 Å². The fourth-order valence-corrected chi connectivity index (χ4v) is 3.68. The van der Waals surface area contributed by atoms with Crippen molar-refractivity contribution in [3.8, 4) is 5.75 Å². The zero-order valence-corrected chi connectivity index (χ0v) is 14.6. The van der Waals surface area contributed by atoms with Crippen molar-refractivity contribution in [1.82, 2.24) is 10.6 Å². The SMILES string of the molecule is O=C(CCc1cccc(OC2CCCC2)c1)NCC1CCCNC1. The van der Waals surface area contributed by atoms with Gasteiger partial charge < -0.3 is 15.4 Å². The molecule has 1 aromatic carbocycles. The first-order valence-corrected chi connectivity index (χ1v) is 9.52.